The van der Waals surface area contributed by atoms with Gasteiger partial charge in [0.15, 0.2) is 17.5 Å². The fourth-order valence-corrected chi connectivity index (χ4v) is 2.46. The van der Waals surface area contributed by atoms with Crippen molar-refractivity contribution in [1.29, 1.82) is 0 Å². The number of hydrogen-bond acceptors (Lipinski definition) is 4. The van der Waals surface area contributed by atoms with E-state index in [1.165, 1.54) is 13.2 Å². The quantitative estimate of drug-likeness (QED) is 0.568. The highest BCUT2D eigenvalue weighted by Crippen LogP contribution is 2.31. The van der Waals surface area contributed by atoms with Crippen molar-refractivity contribution in [2.75, 3.05) is 12.8 Å². The SMILES string of the molecule is COCc1nc(-c2ccc(F)c(F)c2Br)nc(N)c1I. The van der Waals surface area contributed by atoms with Crippen LogP contribution in [0.3, 0.4) is 0 Å². The first-order chi connectivity index (χ1) is 9.45. The smallest absolute Gasteiger partial charge is 0.173 e. The Hall–Kier alpha value is -0.870. The van der Waals surface area contributed by atoms with Crippen LogP contribution in [0, 0.1) is 15.2 Å². The highest BCUT2D eigenvalue weighted by Gasteiger charge is 2.17. The molecule has 0 unspecified atom stereocenters. The molecule has 0 spiro atoms. The Labute approximate surface area is 136 Å². The molecule has 20 heavy (non-hydrogen) atoms. The summed E-state index contributed by atoms with van der Waals surface area (Å²) in [5.41, 5.74) is 6.72. The molecule has 0 radical (unpaired) electrons. The predicted octanol–water partition coefficient (Wildman–Crippen LogP) is 3.52. The molecule has 106 valence electrons. The second-order valence-electron chi connectivity index (χ2n) is 3.85. The molecule has 8 heteroatoms. The molecule has 0 saturated heterocycles. The molecular formula is C12H9BrF2IN3O. The van der Waals surface area contributed by atoms with Gasteiger partial charge in [-0.2, -0.15) is 0 Å². The van der Waals surface area contributed by atoms with E-state index in [1.807, 2.05) is 22.6 Å². The molecule has 2 aromatic rings. The lowest BCUT2D eigenvalue weighted by Crippen LogP contribution is -2.06. The number of nitrogens with two attached hydrogens (primary N) is 1. The lowest BCUT2D eigenvalue weighted by Gasteiger charge is -2.10. The molecule has 4 nitrogen and oxygen atoms in total. The van der Waals surface area contributed by atoms with Crippen LogP contribution in [0.4, 0.5) is 14.6 Å². The molecule has 2 N–H and O–H groups in total. The Bertz CT molecular complexity index is 670. The number of aromatic nitrogens is 2. The van der Waals surface area contributed by atoms with Gasteiger partial charge in [-0.25, -0.2) is 18.7 Å². The number of anilines is 1. The molecule has 1 heterocycles. The Kier molecular flexibility index (Phi) is 4.86. The molecule has 1 aromatic heterocycles. The predicted molar refractivity (Wildman–Crippen MR) is 82.9 cm³/mol. The summed E-state index contributed by atoms with van der Waals surface area (Å²) in [6, 6.07) is 2.41. The maximum absolute atomic E-state index is 13.6. The van der Waals surface area contributed by atoms with Crippen LogP contribution in [0.5, 0.6) is 0 Å². The van der Waals surface area contributed by atoms with E-state index in [-0.39, 0.29) is 22.7 Å². The maximum Gasteiger partial charge on any atom is 0.173 e. The van der Waals surface area contributed by atoms with Gasteiger partial charge in [0, 0.05) is 12.7 Å². The van der Waals surface area contributed by atoms with E-state index in [4.69, 9.17) is 10.5 Å². The van der Waals surface area contributed by atoms with Crippen molar-refractivity contribution in [2.24, 2.45) is 0 Å². The molecule has 0 aliphatic rings. The summed E-state index contributed by atoms with van der Waals surface area (Å²) < 4.78 is 32.4. The van der Waals surface area contributed by atoms with Gasteiger partial charge in [0.05, 0.1) is 20.3 Å². The minimum Gasteiger partial charge on any atom is -0.383 e. The lowest BCUT2D eigenvalue weighted by molar-refractivity contribution is 0.181. The van der Waals surface area contributed by atoms with E-state index in [0.717, 1.165) is 6.07 Å². The number of halogens is 4. The normalized spacial score (nSPS) is 10.8. The van der Waals surface area contributed by atoms with Crippen LogP contribution in [0.15, 0.2) is 16.6 Å². The van der Waals surface area contributed by atoms with E-state index in [0.29, 0.717) is 14.8 Å². The van der Waals surface area contributed by atoms with Gasteiger partial charge in [-0.3, -0.25) is 0 Å². The van der Waals surface area contributed by atoms with Crippen molar-refractivity contribution >= 4 is 44.3 Å². The van der Waals surface area contributed by atoms with Gasteiger partial charge in [-0.15, -0.1) is 0 Å². The number of nitrogen functional groups attached to an aromatic ring is 1. The third-order valence-corrected chi connectivity index (χ3v) is 4.45. The summed E-state index contributed by atoms with van der Waals surface area (Å²) in [6.07, 6.45) is 0. The first-order valence-corrected chi connectivity index (χ1v) is 7.27. The van der Waals surface area contributed by atoms with Crippen molar-refractivity contribution in [3.8, 4) is 11.4 Å². The van der Waals surface area contributed by atoms with E-state index in [1.54, 1.807) is 0 Å². The first kappa shape index (κ1) is 15.5. The van der Waals surface area contributed by atoms with E-state index in [9.17, 15) is 8.78 Å². The largest absolute Gasteiger partial charge is 0.383 e. The highest BCUT2D eigenvalue weighted by atomic mass is 127. The van der Waals surface area contributed by atoms with Crippen molar-refractivity contribution in [3.05, 3.63) is 37.5 Å². The zero-order valence-corrected chi connectivity index (χ0v) is 14.0. The van der Waals surface area contributed by atoms with Gasteiger partial charge in [-0.05, 0) is 50.7 Å². The van der Waals surface area contributed by atoms with Gasteiger partial charge in [0.2, 0.25) is 0 Å². The standard InChI is InChI=1S/C12H9BrF2IN3O/c1-20-4-7-10(16)11(17)19-12(18-7)5-2-3-6(14)9(15)8(5)13/h2-3H,4H2,1H3,(H2,17,18,19). The van der Waals surface area contributed by atoms with Gasteiger partial charge in [0.25, 0.3) is 0 Å². The fraction of sp³-hybridized carbons (Fsp3) is 0.167. The average molecular weight is 456 g/mol. The minimum atomic E-state index is -0.989. The fourth-order valence-electron chi connectivity index (χ4n) is 1.56. The molecule has 0 fully saturated rings. The van der Waals surface area contributed by atoms with Gasteiger partial charge < -0.3 is 10.5 Å². The number of rotatable bonds is 3. The minimum absolute atomic E-state index is 0.0403. The van der Waals surface area contributed by atoms with E-state index < -0.39 is 11.6 Å². The second kappa shape index (κ2) is 6.27. The van der Waals surface area contributed by atoms with Crippen molar-refractivity contribution in [2.45, 2.75) is 6.61 Å². The summed E-state index contributed by atoms with van der Waals surface area (Å²) in [7, 11) is 1.53. The maximum atomic E-state index is 13.6. The van der Waals surface area contributed by atoms with Crippen LogP contribution in [0.2, 0.25) is 0 Å². The number of ether oxygens (including phenoxy) is 1. The van der Waals surface area contributed by atoms with Crippen LogP contribution in [-0.4, -0.2) is 17.1 Å². The van der Waals surface area contributed by atoms with Crippen molar-refractivity contribution in [3.63, 3.8) is 0 Å². The Balaban J connectivity index is 2.61. The summed E-state index contributed by atoms with van der Waals surface area (Å²) in [4.78, 5) is 8.38. The lowest BCUT2D eigenvalue weighted by atomic mass is 10.2. The molecule has 0 atom stereocenters. The summed E-state index contributed by atoms with van der Waals surface area (Å²) in [5, 5.41) is 0. The Morgan fingerprint density at radius 3 is 2.70 bits per heavy atom. The van der Waals surface area contributed by atoms with Crippen LogP contribution in [0.1, 0.15) is 5.69 Å². The summed E-state index contributed by atoms with van der Waals surface area (Å²) in [6.45, 7) is 0.249. The second-order valence-corrected chi connectivity index (χ2v) is 5.72. The average Bonchev–Trinajstić information content (AvgIpc) is 2.41. The number of methoxy groups -OCH3 is 1. The molecular weight excluding hydrogens is 447 g/mol. The van der Waals surface area contributed by atoms with Gasteiger partial charge in [-0.1, -0.05) is 0 Å². The van der Waals surface area contributed by atoms with Gasteiger partial charge >= 0.3 is 0 Å². The molecule has 0 aliphatic heterocycles. The van der Waals surface area contributed by atoms with E-state index in [2.05, 4.69) is 25.9 Å². The Morgan fingerprint density at radius 2 is 2.05 bits per heavy atom. The van der Waals surface area contributed by atoms with E-state index >= 15 is 0 Å². The summed E-state index contributed by atoms with van der Waals surface area (Å²) in [5.74, 6) is -1.47. The van der Waals surface area contributed by atoms with Crippen LogP contribution < -0.4 is 5.73 Å². The van der Waals surface area contributed by atoms with Crippen LogP contribution in [0.25, 0.3) is 11.4 Å². The van der Waals surface area contributed by atoms with Crippen molar-refractivity contribution in [1.82, 2.24) is 9.97 Å². The highest BCUT2D eigenvalue weighted by molar-refractivity contribution is 14.1. The zero-order valence-electron chi connectivity index (χ0n) is 10.3. The molecule has 1 aromatic carbocycles. The van der Waals surface area contributed by atoms with Gasteiger partial charge in [0.1, 0.15) is 5.82 Å². The number of nitrogens with zero attached hydrogens (tertiary/aromatic N) is 2. The molecule has 0 amide bonds. The topological polar surface area (TPSA) is 61.0 Å². The molecule has 2 rings (SSSR count). The zero-order chi connectivity index (χ0) is 14.9. The number of hydrogen-bond donors (Lipinski definition) is 1. The molecule has 0 bridgehead atoms. The van der Waals surface area contributed by atoms with Crippen molar-refractivity contribution < 1.29 is 13.5 Å². The first-order valence-electron chi connectivity index (χ1n) is 5.40. The third-order valence-electron chi connectivity index (χ3n) is 2.50. The van der Waals surface area contributed by atoms with Crippen LogP contribution in [-0.2, 0) is 11.3 Å². The number of benzene rings is 1. The Morgan fingerprint density at radius 1 is 1.35 bits per heavy atom. The molecule has 0 saturated carbocycles. The molecule has 0 aliphatic carbocycles. The summed E-state index contributed by atoms with van der Waals surface area (Å²) >= 11 is 5.01. The monoisotopic (exact) mass is 455 g/mol. The third kappa shape index (κ3) is 2.91. The van der Waals surface area contributed by atoms with Crippen LogP contribution >= 0.6 is 38.5 Å².